The Kier molecular flexibility index (Phi) is 6.59. The fourth-order valence-corrected chi connectivity index (χ4v) is 3.29. The van der Waals surface area contributed by atoms with E-state index in [2.05, 4.69) is 15.6 Å². The van der Waals surface area contributed by atoms with Crippen molar-refractivity contribution < 1.29 is 18.7 Å². The Hall–Kier alpha value is -3.65. The third-order valence-electron chi connectivity index (χ3n) is 4.90. The molecule has 2 heterocycles. The highest BCUT2D eigenvalue weighted by atomic mass is 16.5. The van der Waals surface area contributed by atoms with Gasteiger partial charge in [0.05, 0.1) is 18.9 Å². The van der Waals surface area contributed by atoms with Crippen molar-refractivity contribution in [2.75, 3.05) is 38.2 Å². The zero-order valence-electron chi connectivity index (χ0n) is 17.0. The predicted octanol–water partition coefficient (Wildman–Crippen LogP) is 3.18. The molecule has 1 aliphatic heterocycles. The van der Waals surface area contributed by atoms with E-state index in [1.165, 1.54) is 0 Å². The first-order valence-corrected chi connectivity index (χ1v) is 10.2. The summed E-state index contributed by atoms with van der Waals surface area (Å²) in [7, 11) is 0. The van der Waals surface area contributed by atoms with Crippen molar-refractivity contribution in [3.05, 3.63) is 72.1 Å². The molecule has 0 saturated carbocycles. The van der Waals surface area contributed by atoms with E-state index in [9.17, 15) is 9.59 Å². The normalized spacial score (nSPS) is 13.6. The third kappa shape index (κ3) is 5.49. The lowest BCUT2D eigenvalue weighted by Crippen LogP contribution is -2.40. The maximum absolute atomic E-state index is 12.6. The van der Waals surface area contributed by atoms with Crippen molar-refractivity contribution in [1.29, 1.82) is 0 Å². The molecule has 0 unspecified atom stereocenters. The number of rotatable bonds is 6. The first kappa shape index (κ1) is 20.6. The van der Waals surface area contributed by atoms with E-state index in [4.69, 9.17) is 9.15 Å². The molecule has 31 heavy (non-hydrogen) atoms. The number of hydrogen-bond donors (Lipinski definition) is 2. The van der Waals surface area contributed by atoms with Crippen molar-refractivity contribution in [1.82, 2.24) is 15.2 Å². The molecule has 0 bridgehead atoms. The van der Waals surface area contributed by atoms with Gasteiger partial charge in [-0.25, -0.2) is 9.78 Å². The highest BCUT2D eigenvalue weighted by molar-refractivity contribution is 5.97. The van der Waals surface area contributed by atoms with E-state index < -0.39 is 0 Å². The van der Waals surface area contributed by atoms with Crippen LogP contribution >= 0.6 is 0 Å². The number of nitrogens with one attached hydrogen (secondary N) is 2. The predicted molar refractivity (Wildman–Crippen MR) is 116 cm³/mol. The Labute approximate surface area is 180 Å². The standard InChI is InChI=1S/C23H24N4O4/c28-22(27-11-13-30-14-12-27)18-7-4-8-19(15-18)26-23(29)24-10-9-20-16-31-21(25-20)17-5-2-1-3-6-17/h1-8,15-16H,9-14H2,(H2,24,26,29). The van der Waals surface area contributed by atoms with Gasteiger partial charge >= 0.3 is 6.03 Å². The third-order valence-corrected chi connectivity index (χ3v) is 4.90. The van der Waals surface area contributed by atoms with Crippen LogP contribution in [0.5, 0.6) is 0 Å². The van der Waals surface area contributed by atoms with Crippen LogP contribution in [0.3, 0.4) is 0 Å². The van der Waals surface area contributed by atoms with Crippen LogP contribution in [0.25, 0.3) is 11.5 Å². The summed E-state index contributed by atoms with van der Waals surface area (Å²) in [6.07, 6.45) is 2.14. The van der Waals surface area contributed by atoms with Crippen LogP contribution in [0.4, 0.5) is 10.5 Å². The van der Waals surface area contributed by atoms with Crippen molar-refractivity contribution in [2.45, 2.75) is 6.42 Å². The summed E-state index contributed by atoms with van der Waals surface area (Å²) in [5, 5.41) is 5.57. The van der Waals surface area contributed by atoms with E-state index in [0.717, 1.165) is 11.3 Å². The highest BCUT2D eigenvalue weighted by Gasteiger charge is 2.18. The molecule has 0 atom stereocenters. The molecule has 4 rings (SSSR count). The maximum atomic E-state index is 12.6. The lowest BCUT2D eigenvalue weighted by Gasteiger charge is -2.27. The molecule has 3 amide bonds. The Bertz CT molecular complexity index is 1030. The zero-order valence-corrected chi connectivity index (χ0v) is 17.0. The monoisotopic (exact) mass is 420 g/mol. The molecule has 8 heteroatoms. The topological polar surface area (TPSA) is 96.7 Å². The van der Waals surface area contributed by atoms with Crippen LogP contribution in [0.1, 0.15) is 16.1 Å². The Morgan fingerprint density at radius 3 is 2.65 bits per heavy atom. The van der Waals surface area contributed by atoms with Gasteiger partial charge in [0.15, 0.2) is 0 Å². The van der Waals surface area contributed by atoms with Gasteiger partial charge in [0, 0.05) is 42.9 Å². The molecule has 2 N–H and O–H groups in total. The summed E-state index contributed by atoms with van der Waals surface area (Å²) in [5.74, 6) is 0.495. The van der Waals surface area contributed by atoms with Crippen molar-refractivity contribution in [3.63, 3.8) is 0 Å². The van der Waals surface area contributed by atoms with E-state index in [1.807, 2.05) is 30.3 Å². The Balaban J connectivity index is 1.26. The van der Waals surface area contributed by atoms with Crippen LogP contribution < -0.4 is 10.6 Å². The van der Waals surface area contributed by atoms with E-state index in [0.29, 0.717) is 56.4 Å². The molecular formula is C23H24N4O4. The summed E-state index contributed by atoms with van der Waals surface area (Å²) in [6.45, 7) is 2.64. The van der Waals surface area contributed by atoms with Gasteiger partial charge in [0.1, 0.15) is 6.26 Å². The molecule has 1 saturated heterocycles. The number of oxazole rings is 1. The lowest BCUT2D eigenvalue weighted by molar-refractivity contribution is 0.0303. The zero-order chi connectivity index (χ0) is 21.5. The van der Waals surface area contributed by atoms with E-state index in [1.54, 1.807) is 35.4 Å². The van der Waals surface area contributed by atoms with Gasteiger partial charge in [0.2, 0.25) is 5.89 Å². The molecule has 1 aromatic heterocycles. The first-order valence-electron chi connectivity index (χ1n) is 10.2. The number of nitrogens with zero attached hydrogens (tertiary/aromatic N) is 2. The smallest absolute Gasteiger partial charge is 0.319 e. The molecule has 8 nitrogen and oxygen atoms in total. The molecule has 0 radical (unpaired) electrons. The lowest BCUT2D eigenvalue weighted by atomic mass is 10.1. The van der Waals surface area contributed by atoms with Crippen LogP contribution in [0, 0.1) is 0 Å². The Morgan fingerprint density at radius 2 is 1.84 bits per heavy atom. The number of anilines is 1. The maximum Gasteiger partial charge on any atom is 0.319 e. The van der Waals surface area contributed by atoms with Gasteiger partial charge in [-0.2, -0.15) is 0 Å². The SMILES string of the molecule is O=C(NCCc1coc(-c2ccccc2)n1)Nc1cccc(C(=O)N2CCOCC2)c1. The van der Waals surface area contributed by atoms with Crippen LogP contribution in [0.15, 0.2) is 65.3 Å². The minimum absolute atomic E-state index is 0.0624. The average Bonchev–Trinajstić information content (AvgIpc) is 3.29. The van der Waals surface area contributed by atoms with E-state index >= 15 is 0 Å². The fraction of sp³-hybridized carbons (Fsp3) is 0.261. The number of hydrogen-bond acceptors (Lipinski definition) is 5. The van der Waals surface area contributed by atoms with Gasteiger partial charge in [-0.15, -0.1) is 0 Å². The number of benzene rings is 2. The quantitative estimate of drug-likeness (QED) is 0.638. The Morgan fingerprint density at radius 1 is 1.03 bits per heavy atom. The summed E-state index contributed by atoms with van der Waals surface area (Å²) < 4.78 is 10.8. The molecule has 0 spiro atoms. The van der Waals surface area contributed by atoms with Gasteiger partial charge in [-0.05, 0) is 30.3 Å². The summed E-state index contributed by atoms with van der Waals surface area (Å²) in [4.78, 5) is 31.0. The van der Waals surface area contributed by atoms with Crippen molar-refractivity contribution in [3.8, 4) is 11.5 Å². The minimum atomic E-state index is -0.345. The number of carbonyl (C=O) groups is 2. The molecule has 0 aliphatic carbocycles. The minimum Gasteiger partial charge on any atom is -0.444 e. The second-order valence-electron chi connectivity index (χ2n) is 7.13. The van der Waals surface area contributed by atoms with Crippen molar-refractivity contribution >= 4 is 17.6 Å². The summed E-state index contributed by atoms with van der Waals surface area (Å²) in [5.41, 5.74) is 2.77. The second kappa shape index (κ2) is 9.90. The average molecular weight is 420 g/mol. The van der Waals surface area contributed by atoms with Gasteiger partial charge in [-0.1, -0.05) is 24.3 Å². The summed E-state index contributed by atoms with van der Waals surface area (Å²) >= 11 is 0. The number of amides is 3. The van der Waals surface area contributed by atoms with E-state index in [-0.39, 0.29) is 11.9 Å². The number of morpholine rings is 1. The van der Waals surface area contributed by atoms with Crippen LogP contribution in [-0.2, 0) is 11.2 Å². The first-order chi connectivity index (χ1) is 15.2. The highest BCUT2D eigenvalue weighted by Crippen LogP contribution is 2.18. The molecular weight excluding hydrogens is 396 g/mol. The van der Waals surface area contributed by atoms with Gasteiger partial charge < -0.3 is 24.7 Å². The summed E-state index contributed by atoms with van der Waals surface area (Å²) in [6, 6.07) is 16.2. The molecule has 1 aliphatic rings. The van der Waals surface area contributed by atoms with Gasteiger partial charge in [0.25, 0.3) is 5.91 Å². The molecule has 160 valence electrons. The molecule has 2 aromatic carbocycles. The number of urea groups is 1. The van der Waals surface area contributed by atoms with Crippen LogP contribution in [-0.4, -0.2) is 54.7 Å². The molecule has 1 fully saturated rings. The largest absolute Gasteiger partial charge is 0.444 e. The number of carbonyl (C=O) groups excluding carboxylic acids is 2. The van der Waals surface area contributed by atoms with Gasteiger partial charge in [-0.3, -0.25) is 4.79 Å². The fourth-order valence-electron chi connectivity index (χ4n) is 3.29. The van der Waals surface area contributed by atoms with Crippen LogP contribution in [0.2, 0.25) is 0 Å². The van der Waals surface area contributed by atoms with Crippen molar-refractivity contribution in [2.24, 2.45) is 0 Å². The number of aromatic nitrogens is 1. The number of ether oxygens (including phenoxy) is 1. The second-order valence-corrected chi connectivity index (χ2v) is 7.13. The molecule has 3 aromatic rings.